The third-order valence-electron chi connectivity index (χ3n) is 19.5. The van der Waals surface area contributed by atoms with E-state index in [1.54, 1.807) is 0 Å². The Kier molecular flexibility index (Phi) is 14.4. The van der Waals surface area contributed by atoms with Gasteiger partial charge < -0.3 is 89.7 Å². The molecule has 0 amide bonds. The Hall–Kier alpha value is -1.47. The van der Waals surface area contributed by atoms with E-state index in [1.165, 1.54) is 5.57 Å². The molecule has 8 rings (SSSR count). The molecule has 67 heavy (non-hydrogen) atoms. The molecule has 0 radical (unpaired) electrons. The molecule has 0 aromatic rings. The van der Waals surface area contributed by atoms with Crippen molar-refractivity contribution in [3.05, 3.63) is 11.6 Å². The molecule has 0 spiro atoms. The topological polar surface area (TPSA) is 315 Å². The highest BCUT2D eigenvalue weighted by molar-refractivity contribution is 5.76. The Morgan fingerprint density at radius 1 is 0.642 bits per heavy atom. The minimum atomic E-state index is -1.88. The van der Waals surface area contributed by atoms with E-state index in [0.29, 0.717) is 25.7 Å². The number of rotatable bonds is 11. The molecule has 19 heteroatoms. The molecule has 3 saturated heterocycles. The maximum absolute atomic E-state index is 13.2. The van der Waals surface area contributed by atoms with Crippen molar-refractivity contribution in [2.75, 3.05) is 26.4 Å². The molecule has 0 aromatic heterocycles. The first kappa shape index (κ1) is 51.9. The van der Waals surface area contributed by atoms with Gasteiger partial charge in [-0.05, 0) is 104 Å². The highest BCUT2D eigenvalue weighted by Gasteiger charge is 2.70. The molecular formula is C48H78O19. The van der Waals surface area contributed by atoms with Crippen molar-refractivity contribution in [3.8, 4) is 0 Å². The van der Waals surface area contributed by atoms with Gasteiger partial charge in [-0.25, -0.2) is 0 Å². The molecule has 12 N–H and O–H groups in total. The van der Waals surface area contributed by atoms with Gasteiger partial charge in [0.2, 0.25) is 0 Å². The Morgan fingerprint density at radius 3 is 1.84 bits per heavy atom. The molecule has 0 aromatic carbocycles. The molecule has 0 bridgehead atoms. The summed E-state index contributed by atoms with van der Waals surface area (Å²) >= 11 is 0. The number of ether oxygens (including phenoxy) is 6. The Bertz CT molecular complexity index is 1810. The summed E-state index contributed by atoms with van der Waals surface area (Å²) < 4.78 is 36.1. The van der Waals surface area contributed by atoms with E-state index >= 15 is 0 Å². The number of aliphatic hydroxyl groups excluding tert-OH is 11. The molecule has 0 unspecified atom stereocenters. The van der Waals surface area contributed by atoms with Crippen LogP contribution in [-0.4, -0.2) is 192 Å². The van der Waals surface area contributed by atoms with Crippen LogP contribution in [0.4, 0.5) is 0 Å². The van der Waals surface area contributed by atoms with Gasteiger partial charge in [0.1, 0.15) is 73.2 Å². The van der Waals surface area contributed by atoms with Crippen LogP contribution in [0, 0.1) is 50.2 Å². The van der Waals surface area contributed by atoms with Crippen LogP contribution < -0.4 is 0 Å². The van der Waals surface area contributed by atoms with Crippen LogP contribution in [0.5, 0.6) is 0 Å². The van der Waals surface area contributed by atoms with Crippen LogP contribution in [-0.2, 0) is 33.2 Å². The van der Waals surface area contributed by atoms with Crippen LogP contribution in [0.3, 0.4) is 0 Å². The van der Waals surface area contributed by atoms with Crippen LogP contribution in [0.25, 0.3) is 0 Å². The van der Waals surface area contributed by atoms with Crippen molar-refractivity contribution in [1.29, 1.82) is 0 Å². The van der Waals surface area contributed by atoms with Gasteiger partial charge in [0.15, 0.2) is 18.9 Å². The maximum atomic E-state index is 13.2. The quantitative estimate of drug-likeness (QED) is 0.0933. The molecule has 3 aliphatic heterocycles. The summed E-state index contributed by atoms with van der Waals surface area (Å²) in [6.07, 6.45) is -16.1. The van der Waals surface area contributed by atoms with Gasteiger partial charge in [0.05, 0.1) is 37.9 Å². The van der Waals surface area contributed by atoms with Gasteiger partial charge >= 0.3 is 5.97 Å². The lowest BCUT2D eigenvalue weighted by molar-refractivity contribution is -0.383. The zero-order valence-corrected chi connectivity index (χ0v) is 39.7. The van der Waals surface area contributed by atoms with Crippen LogP contribution in [0.1, 0.15) is 106 Å². The zero-order chi connectivity index (χ0) is 49.0. The highest BCUT2D eigenvalue weighted by Crippen LogP contribution is 2.76. The van der Waals surface area contributed by atoms with Gasteiger partial charge in [0, 0.05) is 5.41 Å². The van der Waals surface area contributed by atoms with E-state index < -0.39 is 135 Å². The van der Waals surface area contributed by atoms with E-state index in [-0.39, 0.29) is 46.0 Å². The van der Waals surface area contributed by atoms with Crippen LogP contribution >= 0.6 is 0 Å². The minimum absolute atomic E-state index is 0.0256. The first-order valence-electron chi connectivity index (χ1n) is 24.5. The molecule has 5 aliphatic carbocycles. The van der Waals surface area contributed by atoms with E-state index in [1.807, 2.05) is 6.92 Å². The summed E-state index contributed by atoms with van der Waals surface area (Å²) in [5.74, 6) is -0.641. The third-order valence-corrected chi connectivity index (χ3v) is 19.5. The van der Waals surface area contributed by atoms with Crippen molar-refractivity contribution in [1.82, 2.24) is 0 Å². The van der Waals surface area contributed by atoms with Gasteiger partial charge in [-0.2, -0.15) is 0 Å². The summed E-state index contributed by atoms with van der Waals surface area (Å²) in [7, 11) is 0. The zero-order valence-electron chi connectivity index (χ0n) is 39.7. The maximum Gasteiger partial charge on any atom is 0.310 e. The fraction of sp³-hybridized carbons (Fsp3) is 0.938. The fourth-order valence-electron chi connectivity index (χ4n) is 15.0. The van der Waals surface area contributed by atoms with Crippen molar-refractivity contribution in [3.63, 3.8) is 0 Å². The van der Waals surface area contributed by atoms with E-state index in [2.05, 4.69) is 40.7 Å². The average molecular weight is 959 g/mol. The lowest BCUT2D eigenvalue weighted by Gasteiger charge is -2.71. The lowest BCUT2D eigenvalue weighted by atomic mass is 9.33. The third kappa shape index (κ3) is 8.19. The second-order valence-corrected chi connectivity index (χ2v) is 23.4. The predicted molar refractivity (Wildman–Crippen MR) is 232 cm³/mol. The molecule has 4 saturated carbocycles. The van der Waals surface area contributed by atoms with Crippen LogP contribution in [0.15, 0.2) is 11.6 Å². The number of hydrogen-bond acceptors (Lipinski definition) is 18. The van der Waals surface area contributed by atoms with Crippen molar-refractivity contribution in [2.45, 2.75) is 204 Å². The molecule has 7 fully saturated rings. The van der Waals surface area contributed by atoms with Gasteiger partial charge in [0.25, 0.3) is 0 Å². The van der Waals surface area contributed by atoms with Gasteiger partial charge in [-0.3, -0.25) is 4.79 Å². The van der Waals surface area contributed by atoms with E-state index in [0.717, 1.165) is 38.5 Å². The summed E-state index contributed by atoms with van der Waals surface area (Å²) in [5.41, 5.74) is -1.07. The summed E-state index contributed by atoms with van der Waals surface area (Å²) in [4.78, 5) is 13.2. The number of aliphatic carboxylic acids is 1. The molecule has 24 atom stereocenters. The number of allylic oxidation sites excluding steroid dienone is 2. The second-order valence-electron chi connectivity index (χ2n) is 23.4. The second kappa shape index (κ2) is 18.5. The van der Waals surface area contributed by atoms with Crippen molar-refractivity contribution in [2.24, 2.45) is 50.2 Å². The Labute approximate surface area is 392 Å². The fourth-order valence-corrected chi connectivity index (χ4v) is 15.0. The van der Waals surface area contributed by atoms with Crippen molar-refractivity contribution < 1.29 is 94.5 Å². The molecule has 3 heterocycles. The number of aliphatic hydroxyl groups is 11. The van der Waals surface area contributed by atoms with E-state index in [9.17, 15) is 66.1 Å². The predicted octanol–water partition coefficient (Wildman–Crippen LogP) is -0.321. The first-order valence-corrected chi connectivity index (χ1v) is 24.5. The molecule has 384 valence electrons. The number of fused-ring (bicyclic) bond motifs is 7. The SMILES string of the molecule is CC1(C)CC[C@]2(C(=O)O)CC[C@]3(C)C(=CC[C@@H]4[C@@]5(C)CC[C@H](O[C@@H]6O[C@H](CO[C@@H]7O[C@H](CO)[C@@H](O)[C@H](O)[C@H]7O)[C@H](O)[C@H](O)[C@H]6O[C@@H]6O[C@H](CO)[C@@H](O)[C@H](O)[C@H]6O)[C@@](C)(CO)[C@@H]5CC[C@]43C)[C@@H]2C1. The number of carboxylic acid groups (broad SMARTS) is 1. The van der Waals surface area contributed by atoms with Crippen LogP contribution in [0.2, 0.25) is 0 Å². The summed E-state index contributed by atoms with van der Waals surface area (Å²) in [6.45, 7) is 11.2. The summed E-state index contributed by atoms with van der Waals surface area (Å²) in [5, 5.41) is 129. The molecule has 19 nitrogen and oxygen atoms in total. The normalized spacial score (nSPS) is 54.2. The number of carboxylic acids is 1. The minimum Gasteiger partial charge on any atom is -0.481 e. The molecular weight excluding hydrogens is 881 g/mol. The Balaban J connectivity index is 1.07. The van der Waals surface area contributed by atoms with Crippen molar-refractivity contribution >= 4 is 5.97 Å². The number of hydrogen-bond donors (Lipinski definition) is 12. The standard InChI is InChI=1S/C48H78O19/c1-43(2)13-15-48(42(60)61)16-14-46(5)22(23(48)17-43)7-8-28-44(3)11-10-29(45(4,21-51)27(44)9-12-47(28,46)6)66-41-38(67-40-37(59)34(56)31(53)25(19-50)64-40)35(57)32(54)26(65-41)20-62-39-36(58)33(55)30(52)24(18-49)63-39/h7,23-41,49-59H,8-21H2,1-6H3,(H,60,61)/t23-,24+,25+,26+,27+,28+,29-,30+,31+,32-,33-,34-,35-,36+,37+,38+,39+,40-,41-,44-,45-,46+,47+,48-/m0/s1. The van der Waals surface area contributed by atoms with Gasteiger partial charge in [-0.1, -0.05) is 53.2 Å². The first-order chi connectivity index (χ1) is 31.4. The van der Waals surface area contributed by atoms with E-state index in [4.69, 9.17) is 28.4 Å². The smallest absolute Gasteiger partial charge is 0.310 e. The highest BCUT2D eigenvalue weighted by atomic mass is 16.8. The number of carbonyl (C=O) groups is 1. The Morgan fingerprint density at radius 2 is 1.22 bits per heavy atom. The molecule has 8 aliphatic rings. The average Bonchev–Trinajstić information content (AvgIpc) is 3.28. The summed E-state index contributed by atoms with van der Waals surface area (Å²) in [6, 6.07) is 0. The lowest BCUT2D eigenvalue weighted by Crippen LogP contribution is -2.68. The monoisotopic (exact) mass is 959 g/mol. The van der Waals surface area contributed by atoms with Gasteiger partial charge in [-0.15, -0.1) is 0 Å². The largest absolute Gasteiger partial charge is 0.481 e.